The van der Waals surface area contributed by atoms with E-state index in [1.54, 1.807) is 18.2 Å². The summed E-state index contributed by atoms with van der Waals surface area (Å²) in [4.78, 5) is 11.9. The van der Waals surface area contributed by atoms with E-state index in [1.165, 1.54) is 12.8 Å². The summed E-state index contributed by atoms with van der Waals surface area (Å²) in [5, 5.41) is 21.9. The van der Waals surface area contributed by atoms with Crippen molar-refractivity contribution >= 4 is 5.91 Å². The van der Waals surface area contributed by atoms with E-state index in [4.69, 9.17) is 0 Å². The molecule has 0 heterocycles. The van der Waals surface area contributed by atoms with Crippen molar-refractivity contribution in [2.24, 2.45) is 11.8 Å². The number of hydrogen-bond acceptors (Lipinski definition) is 3. The maximum absolute atomic E-state index is 11.9. The van der Waals surface area contributed by atoms with Gasteiger partial charge in [-0.1, -0.05) is 31.0 Å². The molecular weight excluding hydrogens is 254 g/mol. The monoisotopic (exact) mass is 277 g/mol. The van der Waals surface area contributed by atoms with E-state index in [1.807, 2.05) is 6.07 Å². The Kier molecular flexibility index (Phi) is 5.41. The first-order chi connectivity index (χ1) is 9.70. The Balaban J connectivity index is 1.81. The van der Waals surface area contributed by atoms with E-state index in [2.05, 4.69) is 5.32 Å². The van der Waals surface area contributed by atoms with E-state index >= 15 is 0 Å². The highest BCUT2D eigenvalue weighted by Crippen LogP contribution is 2.29. The lowest BCUT2D eigenvalue weighted by Crippen LogP contribution is -2.36. The van der Waals surface area contributed by atoms with Crippen molar-refractivity contribution in [3.63, 3.8) is 0 Å². The lowest BCUT2D eigenvalue weighted by molar-refractivity contribution is -0.120. The Bertz CT molecular complexity index is 447. The number of aliphatic hydroxyl groups is 1. The number of phenolic OH excluding ortho intramolecular Hbond substituents is 1. The third-order valence-electron chi connectivity index (χ3n) is 4.21. The molecule has 4 nitrogen and oxygen atoms in total. The largest absolute Gasteiger partial charge is 0.508 e. The second-order valence-corrected chi connectivity index (χ2v) is 5.60. The molecule has 1 aromatic carbocycles. The van der Waals surface area contributed by atoms with E-state index in [-0.39, 0.29) is 24.7 Å². The molecule has 20 heavy (non-hydrogen) atoms. The van der Waals surface area contributed by atoms with Gasteiger partial charge in [-0.15, -0.1) is 0 Å². The van der Waals surface area contributed by atoms with Crippen LogP contribution in [0.15, 0.2) is 24.3 Å². The van der Waals surface area contributed by atoms with Crippen LogP contribution in [-0.2, 0) is 11.2 Å². The van der Waals surface area contributed by atoms with Gasteiger partial charge in [-0.05, 0) is 30.7 Å². The van der Waals surface area contributed by atoms with Crippen molar-refractivity contribution in [1.82, 2.24) is 5.32 Å². The number of aromatic hydroxyl groups is 1. The first-order valence-corrected chi connectivity index (χ1v) is 7.35. The van der Waals surface area contributed by atoms with Crippen LogP contribution in [0.25, 0.3) is 0 Å². The van der Waals surface area contributed by atoms with Crippen molar-refractivity contribution in [3.8, 4) is 5.75 Å². The molecule has 2 atom stereocenters. The molecule has 0 aromatic heterocycles. The van der Waals surface area contributed by atoms with Crippen LogP contribution in [0, 0.1) is 11.8 Å². The number of carbonyl (C=O) groups excluding carboxylic acids is 1. The summed E-state index contributed by atoms with van der Waals surface area (Å²) in [5.74, 6) is 0.776. The van der Waals surface area contributed by atoms with E-state index < -0.39 is 0 Å². The second-order valence-electron chi connectivity index (χ2n) is 5.60. The predicted molar refractivity (Wildman–Crippen MR) is 77.4 cm³/mol. The zero-order valence-electron chi connectivity index (χ0n) is 11.7. The van der Waals surface area contributed by atoms with Gasteiger partial charge in [0.25, 0.3) is 0 Å². The Hall–Kier alpha value is -1.55. The van der Waals surface area contributed by atoms with Gasteiger partial charge in [-0.3, -0.25) is 4.79 Å². The highest BCUT2D eigenvalue weighted by Gasteiger charge is 2.24. The SMILES string of the molecule is O=C(Cc1ccccc1O)NCC1CCCCC1CO. The first-order valence-electron chi connectivity index (χ1n) is 7.35. The minimum atomic E-state index is -0.0752. The number of rotatable bonds is 5. The summed E-state index contributed by atoms with van der Waals surface area (Å²) in [6, 6.07) is 6.90. The van der Waals surface area contributed by atoms with Crippen LogP contribution in [0.1, 0.15) is 31.2 Å². The smallest absolute Gasteiger partial charge is 0.224 e. The molecule has 1 fully saturated rings. The van der Waals surface area contributed by atoms with Gasteiger partial charge in [0, 0.05) is 18.7 Å². The molecule has 1 aliphatic rings. The van der Waals surface area contributed by atoms with Gasteiger partial charge < -0.3 is 15.5 Å². The quantitative estimate of drug-likeness (QED) is 0.769. The highest BCUT2D eigenvalue weighted by molar-refractivity contribution is 5.79. The average Bonchev–Trinajstić information content (AvgIpc) is 2.48. The van der Waals surface area contributed by atoms with Crippen LogP contribution < -0.4 is 5.32 Å². The van der Waals surface area contributed by atoms with Gasteiger partial charge in [0.05, 0.1) is 6.42 Å². The summed E-state index contributed by atoms with van der Waals surface area (Å²) in [7, 11) is 0. The fourth-order valence-electron chi connectivity index (χ4n) is 2.93. The lowest BCUT2D eigenvalue weighted by Gasteiger charge is -2.30. The summed E-state index contributed by atoms with van der Waals surface area (Å²) in [5.41, 5.74) is 0.646. The second kappa shape index (κ2) is 7.29. The third-order valence-corrected chi connectivity index (χ3v) is 4.21. The molecule has 2 unspecified atom stereocenters. The molecule has 0 aliphatic heterocycles. The molecule has 0 spiro atoms. The van der Waals surface area contributed by atoms with Gasteiger partial charge in [-0.25, -0.2) is 0 Å². The van der Waals surface area contributed by atoms with E-state index in [0.717, 1.165) is 12.8 Å². The molecule has 1 aliphatic carbocycles. The first kappa shape index (κ1) is 14.9. The van der Waals surface area contributed by atoms with Crippen LogP contribution in [0.2, 0.25) is 0 Å². The maximum atomic E-state index is 11.9. The molecular formula is C16H23NO3. The predicted octanol–water partition coefficient (Wildman–Crippen LogP) is 1.85. The highest BCUT2D eigenvalue weighted by atomic mass is 16.3. The number of amides is 1. The zero-order valence-corrected chi connectivity index (χ0v) is 11.7. The van der Waals surface area contributed by atoms with Crippen molar-refractivity contribution in [1.29, 1.82) is 0 Å². The topological polar surface area (TPSA) is 69.6 Å². The number of para-hydroxylation sites is 1. The summed E-state index contributed by atoms with van der Waals surface area (Å²) in [6.07, 6.45) is 4.67. The fraction of sp³-hybridized carbons (Fsp3) is 0.562. The fourth-order valence-corrected chi connectivity index (χ4v) is 2.93. The van der Waals surface area contributed by atoms with Crippen LogP contribution in [0.3, 0.4) is 0 Å². The van der Waals surface area contributed by atoms with Crippen molar-refractivity contribution in [2.45, 2.75) is 32.1 Å². The normalized spacial score (nSPS) is 22.4. The number of benzene rings is 1. The molecule has 1 aromatic rings. The van der Waals surface area contributed by atoms with Crippen LogP contribution in [0.4, 0.5) is 0 Å². The number of carbonyl (C=O) groups is 1. The van der Waals surface area contributed by atoms with Crippen LogP contribution >= 0.6 is 0 Å². The molecule has 4 heteroatoms. The minimum absolute atomic E-state index is 0.0752. The average molecular weight is 277 g/mol. The Morgan fingerprint density at radius 1 is 1.20 bits per heavy atom. The van der Waals surface area contributed by atoms with Gasteiger partial charge >= 0.3 is 0 Å². The molecule has 1 amide bonds. The third kappa shape index (κ3) is 3.97. The summed E-state index contributed by atoms with van der Waals surface area (Å²) in [6.45, 7) is 0.831. The zero-order chi connectivity index (χ0) is 14.4. The number of nitrogens with one attached hydrogen (secondary N) is 1. The number of aliphatic hydroxyl groups excluding tert-OH is 1. The summed E-state index contributed by atoms with van der Waals surface area (Å²) >= 11 is 0. The number of hydrogen-bond donors (Lipinski definition) is 3. The molecule has 3 N–H and O–H groups in total. The molecule has 0 radical (unpaired) electrons. The van der Waals surface area contributed by atoms with Crippen molar-refractivity contribution in [2.75, 3.05) is 13.2 Å². The number of phenols is 1. The summed E-state index contributed by atoms with van der Waals surface area (Å²) < 4.78 is 0. The van der Waals surface area contributed by atoms with Crippen molar-refractivity contribution in [3.05, 3.63) is 29.8 Å². The van der Waals surface area contributed by atoms with Gasteiger partial charge in [0.15, 0.2) is 0 Å². The minimum Gasteiger partial charge on any atom is -0.508 e. The van der Waals surface area contributed by atoms with Gasteiger partial charge in [0.1, 0.15) is 5.75 Å². The van der Waals surface area contributed by atoms with Crippen LogP contribution in [-0.4, -0.2) is 29.3 Å². The van der Waals surface area contributed by atoms with Crippen LogP contribution in [0.5, 0.6) is 5.75 Å². The lowest BCUT2D eigenvalue weighted by atomic mass is 9.79. The Morgan fingerprint density at radius 2 is 1.90 bits per heavy atom. The Labute approximate surface area is 119 Å². The molecule has 2 rings (SSSR count). The standard InChI is InChI=1S/C16H23NO3/c18-11-14-7-2-1-6-13(14)10-17-16(20)9-12-5-3-4-8-15(12)19/h3-5,8,13-14,18-19H,1-2,6-7,9-11H2,(H,17,20). The molecule has 0 saturated heterocycles. The Morgan fingerprint density at radius 3 is 2.60 bits per heavy atom. The van der Waals surface area contributed by atoms with E-state index in [9.17, 15) is 15.0 Å². The van der Waals surface area contributed by atoms with Gasteiger partial charge in [0.2, 0.25) is 5.91 Å². The van der Waals surface area contributed by atoms with Gasteiger partial charge in [-0.2, -0.15) is 0 Å². The molecule has 1 saturated carbocycles. The van der Waals surface area contributed by atoms with Crippen molar-refractivity contribution < 1.29 is 15.0 Å². The molecule has 110 valence electrons. The van der Waals surface area contributed by atoms with E-state index in [0.29, 0.717) is 23.9 Å². The maximum Gasteiger partial charge on any atom is 0.224 e. The molecule has 0 bridgehead atoms.